The van der Waals surface area contributed by atoms with Crippen molar-refractivity contribution in [1.82, 2.24) is 14.8 Å². The molecule has 0 saturated carbocycles. The minimum Gasteiger partial charge on any atom is -0.435 e. The molecule has 0 aliphatic carbocycles. The Morgan fingerprint density at radius 2 is 1.90 bits per heavy atom. The largest absolute Gasteiger partial charge is 0.435 e. The maximum atomic E-state index is 12.2. The van der Waals surface area contributed by atoms with Crippen LogP contribution in [0.25, 0.3) is 0 Å². The fourth-order valence-electron chi connectivity index (χ4n) is 2.54. The summed E-state index contributed by atoms with van der Waals surface area (Å²) < 4.78 is 30.0. The summed E-state index contributed by atoms with van der Waals surface area (Å²) in [6.45, 7) is -2.46. The van der Waals surface area contributed by atoms with Crippen molar-refractivity contribution >= 4 is 23.4 Å². The number of amides is 1. The van der Waals surface area contributed by atoms with Gasteiger partial charge in [0.2, 0.25) is 5.91 Å². The third-order valence-corrected chi connectivity index (χ3v) is 4.86. The van der Waals surface area contributed by atoms with E-state index in [4.69, 9.17) is 0 Å². The Morgan fingerprint density at radius 3 is 2.59 bits per heavy atom. The van der Waals surface area contributed by atoms with E-state index in [-0.39, 0.29) is 23.1 Å². The van der Waals surface area contributed by atoms with Crippen molar-refractivity contribution in [1.29, 1.82) is 0 Å². The van der Waals surface area contributed by atoms with Gasteiger partial charge in [0, 0.05) is 12.2 Å². The maximum absolute atomic E-state index is 12.2. The topological polar surface area (TPSA) is 89.0 Å². The van der Waals surface area contributed by atoms with Crippen LogP contribution in [-0.2, 0) is 17.8 Å². The van der Waals surface area contributed by atoms with Crippen molar-refractivity contribution in [3.63, 3.8) is 0 Å². The number of hydrogen-bond acceptors (Lipinski definition) is 5. The van der Waals surface area contributed by atoms with E-state index in [1.54, 1.807) is 0 Å². The van der Waals surface area contributed by atoms with Crippen LogP contribution in [0.3, 0.4) is 0 Å². The summed E-state index contributed by atoms with van der Waals surface area (Å²) in [5.41, 5.74) is 1.20. The molecule has 2 aromatic carbocycles. The number of carbonyl (C=O) groups is 1. The molecule has 0 spiro atoms. The minimum atomic E-state index is -2.90. The predicted octanol–water partition coefficient (Wildman–Crippen LogP) is 3.15. The van der Waals surface area contributed by atoms with E-state index < -0.39 is 6.61 Å². The Balaban J connectivity index is 1.53. The normalized spacial score (nSPS) is 10.9. The minimum absolute atomic E-state index is 0.00586. The molecule has 0 atom stereocenters. The Kier molecular flexibility index (Phi) is 7.01. The number of carbonyl (C=O) groups excluding carboxylic acids is 1. The predicted molar refractivity (Wildman–Crippen MR) is 105 cm³/mol. The van der Waals surface area contributed by atoms with Gasteiger partial charge in [0.05, 0.1) is 5.75 Å². The molecule has 1 amide bonds. The average Bonchev–Trinajstić information content (AvgIpc) is 3.06. The van der Waals surface area contributed by atoms with Crippen LogP contribution in [0.5, 0.6) is 5.75 Å². The molecule has 0 aliphatic heterocycles. The van der Waals surface area contributed by atoms with Crippen LogP contribution in [-0.4, -0.2) is 33.0 Å². The van der Waals surface area contributed by atoms with Crippen LogP contribution < -0.4 is 15.7 Å². The SMILES string of the molecule is O=C(CSc1n[nH]c(=O)n1CCc1ccccc1)Nc1ccc(OC(F)F)cc1. The number of rotatable bonds is 9. The molecule has 3 rings (SSSR count). The van der Waals surface area contributed by atoms with Crippen LogP contribution in [0.1, 0.15) is 5.56 Å². The smallest absolute Gasteiger partial charge is 0.387 e. The first kappa shape index (κ1) is 20.6. The van der Waals surface area contributed by atoms with Gasteiger partial charge in [0.15, 0.2) is 5.16 Å². The number of alkyl halides is 2. The summed E-state index contributed by atoms with van der Waals surface area (Å²) in [5.74, 6) is -0.279. The van der Waals surface area contributed by atoms with E-state index >= 15 is 0 Å². The first-order chi connectivity index (χ1) is 14.0. The molecule has 7 nitrogen and oxygen atoms in total. The highest BCUT2D eigenvalue weighted by Crippen LogP contribution is 2.19. The molecule has 0 radical (unpaired) electrons. The number of hydrogen-bond donors (Lipinski definition) is 2. The van der Waals surface area contributed by atoms with E-state index in [9.17, 15) is 18.4 Å². The van der Waals surface area contributed by atoms with Crippen molar-refractivity contribution in [3.8, 4) is 5.75 Å². The van der Waals surface area contributed by atoms with Gasteiger partial charge in [-0.15, -0.1) is 5.10 Å². The fourth-order valence-corrected chi connectivity index (χ4v) is 3.32. The molecule has 2 N–H and O–H groups in total. The highest BCUT2D eigenvalue weighted by Gasteiger charge is 2.12. The van der Waals surface area contributed by atoms with Gasteiger partial charge in [-0.25, -0.2) is 9.89 Å². The molecule has 0 bridgehead atoms. The van der Waals surface area contributed by atoms with Crippen LogP contribution >= 0.6 is 11.8 Å². The number of nitrogens with zero attached hydrogens (tertiary/aromatic N) is 2. The molecule has 0 unspecified atom stereocenters. The zero-order valence-electron chi connectivity index (χ0n) is 15.2. The molecule has 1 heterocycles. The zero-order chi connectivity index (χ0) is 20.6. The van der Waals surface area contributed by atoms with Crippen molar-refractivity contribution in [2.45, 2.75) is 24.7 Å². The number of H-pyrrole nitrogens is 1. The summed E-state index contributed by atoms with van der Waals surface area (Å²) in [6, 6.07) is 15.3. The first-order valence-electron chi connectivity index (χ1n) is 8.68. The molecular weight excluding hydrogens is 402 g/mol. The maximum Gasteiger partial charge on any atom is 0.387 e. The number of aromatic nitrogens is 3. The second-order valence-electron chi connectivity index (χ2n) is 5.94. The lowest BCUT2D eigenvalue weighted by Crippen LogP contribution is -2.20. The number of aryl methyl sites for hydroxylation is 1. The number of anilines is 1. The second-order valence-corrected chi connectivity index (χ2v) is 6.88. The van der Waals surface area contributed by atoms with E-state index in [2.05, 4.69) is 20.3 Å². The molecule has 0 fully saturated rings. The summed E-state index contributed by atoms with van der Waals surface area (Å²) in [5, 5.41) is 9.43. The average molecular weight is 420 g/mol. The van der Waals surface area contributed by atoms with Gasteiger partial charge < -0.3 is 10.1 Å². The van der Waals surface area contributed by atoms with E-state index in [0.717, 1.165) is 17.3 Å². The molecule has 1 aromatic heterocycles. The van der Waals surface area contributed by atoms with Gasteiger partial charge in [0.1, 0.15) is 5.75 Å². The van der Waals surface area contributed by atoms with Crippen LogP contribution in [0, 0.1) is 0 Å². The number of ether oxygens (including phenoxy) is 1. The van der Waals surface area contributed by atoms with E-state index in [1.807, 2.05) is 30.3 Å². The van der Waals surface area contributed by atoms with Gasteiger partial charge in [0.25, 0.3) is 0 Å². The Labute approximate surface area is 169 Å². The molecule has 0 aliphatic rings. The van der Waals surface area contributed by atoms with Gasteiger partial charge in [-0.3, -0.25) is 9.36 Å². The second kappa shape index (κ2) is 9.87. The molecule has 3 aromatic rings. The summed E-state index contributed by atoms with van der Waals surface area (Å²) >= 11 is 1.13. The van der Waals surface area contributed by atoms with Gasteiger partial charge in [-0.2, -0.15) is 8.78 Å². The lowest BCUT2D eigenvalue weighted by molar-refractivity contribution is -0.113. The Morgan fingerprint density at radius 1 is 1.17 bits per heavy atom. The lowest BCUT2D eigenvalue weighted by Gasteiger charge is -2.08. The van der Waals surface area contributed by atoms with Crippen molar-refractivity contribution in [3.05, 3.63) is 70.6 Å². The van der Waals surface area contributed by atoms with Crippen molar-refractivity contribution in [2.75, 3.05) is 11.1 Å². The molecular formula is C19H18F2N4O3S. The van der Waals surface area contributed by atoms with Crippen molar-refractivity contribution in [2.24, 2.45) is 0 Å². The number of aromatic amines is 1. The molecule has 10 heteroatoms. The third-order valence-electron chi connectivity index (χ3n) is 3.89. The fraction of sp³-hybridized carbons (Fsp3) is 0.211. The number of halogens is 2. The van der Waals surface area contributed by atoms with Crippen LogP contribution in [0.15, 0.2) is 64.5 Å². The summed E-state index contributed by atoms with van der Waals surface area (Å²) in [4.78, 5) is 24.1. The van der Waals surface area contributed by atoms with Gasteiger partial charge >= 0.3 is 12.3 Å². The number of benzene rings is 2. The number of nitrogens with one attached hydrogen (secondary N) is 2. The van der Waals surface area contributed by atoms with Crippen LogP contribution in [0.2, 0.25) is 0 Å². The Hall–Kier alpha value is -3.14. The first-order valence-corrected chi connectivity index (χ1v) is 9.66. The van der Waals surface area contributed by atoms with Gasteiger partial charge in [-0.05, 0) is 36.2 Å². The van der Waals surface area contributed by atoms with Crippen LogP contribution in [0.4, 0.5) is 14.5 Å². The van der Waals surface area contributed by atoms with E-state index in [1.165, 1.54) is 28.8 Å². The van der Waals surface area contributed by atoms with Gasteiger partial charge in [-0.1, -0.05) is 42.1 Å². The zero-order valence-corrected chi connectivity index (χ0v) is 16.0. The molecule has 152 valence electrons. The third kappa shape index (κ3) is 6.18. The Bertz CT molecular complexity index is 991. The number of thioether (sulfide) groups is 1. The van der Waals surface area contributed by atoms with E-state index in [0.29, 0.717) is 23.8 Å². The van der Waals surface area contributed by atoms with Crippen molar-refractivity contribution < 1.29 is 18.3 Å². The summed E-state index contributed by atoms with van der Waals surface area (Å²) in [7, 11) is 0. The highest BCUT2D eigenvalue weighted by molar-refractivity contribution is 7.99. The summed E-state index contributed by atoms with van der Waals surface area (Å²) in [6.07, 6.45) is 0.660. The highest BCUT2D eigenvalue weighted by atomic mass is 32.2. The standard InChI is InChI=1S/C19H18F2N4O3S/c20-17(21)28-15-8-6-14(7-9-15)22-16(26)12-29-19-24-23-18(27)25(19)11-10-13-4-2-1-3-5-13/h1-9,17H,10-12H2,(H,22,26)(H,23,27). The molecule has 0 saturated heterocycles. The quantitative estimate of drug-likeness (QED) is 0.519. The lowest BCUT2D eigenvalue weighted by atomic mass is 10.1. The molecule has 29 heavy (non-hydrogen) atoms. The monoisotopic (exact) mass is 420 g/mol.